The SMILES string of the molecule is Cn1c(=O)n(C)c2cc(-c3cccc(C4=CC(c5ccc6c(c5)C(C)(C)c5cc(-c7ccccc7)ccc5-6)=NC(c5ccccc5)N4)c3)ccc21. The van der Waals surface area contributed by atoms with E-state index in [0.29, 0.717) is 0 Å². The van der Waals surface area contributed by atoms with Gasteiger partial charge in [0.15, 0.2) is 0 Å². The van der Waals surface area contributed by atoms with Gasteiger partial charge in [-0.1, -0.05) is 123 Å². The lowest BCUT2D eigenvalue weighted by atomic mass is 9.81. The van der Waals surface area contributed by atoms with Gasteiger partial charge in [0.25, 0.3) is 0 Å². The molecule has 0 saturated heterocycles. The molecule has 1 N–H and O–H groups in total. The van der Waals surface area contributed by atoms with Crippen LogP contribution < -0.4 is 11.0 Å². The first-order valence-corrected chi connectivity index (χ1v) is 17.5. The zero-order valence-corrected chi connectivity index (χ0v) is 29.2. The van der Waals surface area contributed by atoms with E-state index in [4.69, 9.17) is 4.99 Å². The fraction of sp³-hybridized carbons (Fsp3) is 0.130. The van der Waals surface area contributed by atoms with Gasteiger partial charge in [-0.25, -0.2) is 4.79 Å². The molecule has 5 nitrogen and oxygen atoms in total. The second-order valence-corrected chi connectivity index (χ2v) is 14.2. The molecule has 0 spiro atoms. The molecule has 0 bridgehead atoms. The number of hydrogen-bond donors (Lipinski definition) is 1. The maximum Gasteiger partial charge on any atom is 0.328 e. The third-order valence-corrected chi connectivity index (χ3v) is 10.8. The summed E-state index contributed by atoms with van der Waals surface area (Å²) in [6, 6.07) is 49.7. The molecule has 1 atom stereocenters. The lowest BCUT2D eigenvalue weighted by molar-refractivity contribution is 0.659. The fourth-order valence-corrected chi connectivity index (χ4v) is 7.91. The highest BCUT2D eigenvalue weighted by atomic mass is 16.1. The van der Waals surface area contributed by atoms with Crippen LogP contribution in [-0.4, -0.2) is 14.8 Å². The van der Waals surface area contributed by atoms with Gasteiger partial charge in [0.05, 0.1) is 16.7 Å². The highest BCUT2D eigenvalue weighted by molar-refractivity contribution is 6.13. The molecule has 5 heteroatoms. The van der Waals surface area contributed by atoms with Crippen molar-refractivity contribution in [1.29, 1.82) is 0 Å². The third-order valence-electron chi connectivity index (χ3n) is 10.8. The predicted molar refractivity (Wildman–Crippen MR) is 210 cm³/mol. The Morgan fingerprint density at radius 2 is 1.14 bits per heavy atom. The van der Waals surface area contributed by atoms with Crippen molar-refractivity contribution in [3.63, 3.8) is 0 Å². The Morgan fingerprint density at radius 3 is 1.88 bits per heavy atom. The van der Waals surface area contributed by atoms with Gasteiger partial charge in [-0.2, -0.15) is 0 Å². The van der Waals surface area contributed by atoms with Gasteiger partial charge in [-0.15, -0.1) is 0 Å². The van der Waals surface area contributed by atoms with Gasteiger partial charge in [0, 0.05) is 30.8 Å². The highest BCUT2D eigenvalue weighted by Crippen LogP contribution is 2.50. The molecule has 2 heterocycles. The van der Waals surface area contributed by atoms with E-state index in [1.807, 2.05) is 26.2 Å². The van der Waals surface area contributed by atoms with E-state index in [-0.39, 0.29) is 17.3 Å². The van der Waals surface area contributed by atoms with Gasteiger partial charge >= 0.3 is 5.69 Å². The molecule has 0 radical (unpaired) electrons. The van der Waals surface area contributed by atoms with E-state index < -0.39 is 0 Å². The molecule has 0 amide bonds. The molecular weight excluding hydrogens is 625 g/mol. The number of fused-ring (bicyclic) bond motifs is 4. The van der Waals surface area contributed by atoms with Crippen LogP contribution in [-0.2, 0) is 19.5 Å². The summed E-state index contributed by atoms with van der Waals surface area (Å²) < 4.78 is 3.40. The molecule has 51 heavy (non-hydrogen) atoms. The zero-order valence-electron chi connectivity index (χ0n) is 29.2. The summed E-state index contributed by atoms with van der Waals surface area (Å²) >= 11 is 0. The van der Waals surface area contributed by atoms with Crippen LogP contribution >= 0.6 is 0 Å². The Morgan fingerprint density at radius 1 is 0.569 bits per heavy atom. The predicted octanol–water partition coefficient (Wildman–Crippen LogP) is 9.65. The van der Waals surface area contributed by atoms with Crippen LogP contribution in [0.15, 0.2) is 155 Å². The van der Waals surface area contributed by atoms with E-state index in [2.05, 4.69) is 153 Å². The normalized spacial score (nSPS) is 15.9. The van der Waals surface area contributed by atoms with Crippen molar-refractivity contribution in [3.05, 3.63) is 184 Å². The molecule has 248 valence electrons. The second kappa shape index (κ2) is 11.7. The Bertz CT molecular complexity index is 2620. The summed E-state index contributed by atoms with van der Waals surface area (Å²) in [5.74, 6) is 0. The smallest absolute Gasteiger partial charge is 0.328 e. The van der Waals surface area contributed by atoms with Crippen LogP contribution in [0.1, 0.15) is 47.8 Å². The summed E-state index contributed by atoms with van der Waals surface area (Å²) in [7, 11) is 3.64. The minimum atomic E-state index is -0.244. The topological polar surface area (TPSA) is 51.3 Å². The van der Waals surface area contributed by atoms with Crippen molar-refractivity contribution in [3.8, 4) is 33.4 Å². The van der Waals surface area contributed by atoms with E-state index in [0.717, 1.165) is 50.3 Å². The average molecular weight is 663 g/mol. The molecule has 1 aliphatic heterocycles. The molecule has 0 saturated carbocycles. The molecule has 9 rings (SSSR count). The first-order valence-electron chi connectivity index (χ1n) is 17.5. The Balaban J connectivity index is 1.12. The summed E-state index contributed by atoms with van der Waals surface area (Å²) in [5, 5.41) is 3.74. The number of benzene rings is 6. The van der Waals surface area contributed by atoms with E-state index in [9.17, 15) is 4.79 Å². The summed E-state index contributed by atoms with van der Waals surface area (Å²) in [6.45, 7) is 4.68. The lowest BCUT2D eigenvalue weighted by Gasteiger charge is -2.26. The van der Waals surface area contributed by atoms with Crippen molar-refractivity contribution < 1.29 is 0 Å². The van der Waals surface area contributed by atoms with Crippen molar-refractivity contribution in [2.45, 2.75) is 25.4 Å². The van der Waals surface area contributed by atoms with Crippen LogP contribution in [0.4, 0.5) is 0 Å². The van der Waals surface area contributed by atoms with Gasteiger partial charge < -0.3 is 5.32 Å². The van der Waals surface area contributed by atoms with Crippen molar-refractivity contribution in [2.24, 2.45) is 19.1 Å². The molecule has 6 aromatic carbocycles. The maximum absolute atomic E-state index is 12.6. The fourth-order valence-electron chi connectivity index (χ4n) is 7.91. The van der Waals surface area contributed by atoms with Crippen LogP contribution in [0.25, 0.3) is 50.1 Å². The Hall–Kier alpha value is -6.20. The van der Waals surface area contributed by atoms with E-state index >= 15 is 0 Å². The lowest BCUT2D eigenvalue weighted by Crippen LogP contribution is -2.25. The molecule has 7 aromatic rings. The number of nitrogens with zero attached hydrogens (tertiary/aromatic N) is 3. The van der Waals surface area contributed by atoms with E-state index in [1.165, 1.54) is 33.4 Å². The van der Waals surface area contributed by atoms with Gasteiger partial charge in [-0.05, 0) is 92.0 Å². The molecular formula is C46H38N4O. The summed E-state index contributed by atoms with van der Waals surface area (Å²) in [4.78, 5) is 17.9. The van der Waals surface area contributed by atoms with Crippen molar-refractivity contribution >= 4 is 22.4 Å². The maximum atomic E-state index is 12.6. The molecule has 1 aliphatic carbocycles. The number of aryl methyl sites for hydroxylation is 2. The first kappa shape index (κ1) is 30.8. The first-order chi connectivity index (χ1) is 24.8. The monoisotopic (exact) mass is 662 g/mol. The van der Waals surface area contributed by atoms with E-state index in [1.54, 1.807) is 9.13 Å². The molecule has 1 unspecified atom stereocenters. The Kier molecular flexibility index (Phi) is 7.07. The number of imidazole rings is 1. The van der Waals surface area contributed by atoms with Crippen molar-refractivity contribution in [2.75, 3.05) is 0 Å². The largest absolute Gasteiger partial charge is 0.360 e. The Labute approximate surface area is 297 Å². The van der Waals surface area contributed by atoms with Gasteiger partial charge in [-0.3, -0.25) is 14.1 Å². The molecule has 2 aliphatic rings. The zero-order chi connectivity index (χ0) is 34.9. The minimum Gasteiger partial charge on any atom is -0.360 e. The minimum absolute atomic E-state index is 0.0259. The van der Waals surface area contributed by atoms with Crippen LogP contribution in [0, 0.1) is 0 Å². The standard InChI is InChI=1S/C46H38N4O/c1-46(2)38-25-32(29-12-7-5-8-13-29)18-21-36(38)37-22-19-35(26-39(37)46)41-28-40(47-44(48-41)30-14-9-6-10-15-30)34-17-11-16-31(24-34)33-20-23-42-43(27-33)50(4)45(51)49(42)3/h5-28,44,47H,1-4H3. The summed E-state index contributed by atoms with van der Waals surface area (Å²) in [5.41, 5.74) is 16.8. The quantitative estimate of drug-likeness (QED) is 0.200. The van der Waals surface area contributed by atoms with Crippen molar-refractivity contribution in [1.82, 2.24) is 14.5 Å². The number of allylic oxidation sites excluding steroid dienone is 1. The number of aliphatic imine (C=N–C) groups is 1. The van der Waals surface area contributed by atoms with Crippen LogP contribution in [0.2, 0.25) is 0 Å². The number of nitrogens with one attached hydrogen (secondary N) is 1. The third kappa shape index (κ3) is 5.07. The number of rotatable bonds is 5. The molecule has 0 fully saturated rings. The van der Waals surface area contributed by atoms with Gasteiger partial charge in [0.1, 0.15) is 6.17 Å². The number of hydrogen-bond acceptors (Lipinski definition) is 3. The van der Waals surface area contributed by atoms with Crippen LogP contribution in [0.3, 0.4) is 0 Å². The van der Waals surface area contributed by atoms with Gasteiger partial charge in [0.2, 0.25) is 0 Å². The van der Waals surface area contributed by atoms with Crippen LogP contribution in [0.5, 0.6) is 0 Å². The second-order valence-electron chi connectivity index (χ2n) is 14.2. The highest BCUT2D eigenvalue weighted by Gasteiger charge is 2.36. The average Bonchev–Trinajstić information content (AvgIpc) is 3.54. The summed E-state index contributed by atoms with van der Waals surface area (Å²) in [6.07, 6.45) is 1.94. The molecule has 1 aromatic heterocycles. The number of aromatic nitrogens is 2.